The molecule has 0 aromatic heterocycles. The van der Waals surface area contributed by atoms with Crippen LogP contribution in [0.25, 0.3) is 0 Å². The van der Waals surface area contributed by atoms with Crippen molar-refractivity contribution in [3.8, 4) is 0 Å². The van der Waals surface area contributed by atoms with Crippen LogP contribution in [0.1, 0.15) is 31.9 Å². The van der Waals surface area contributed by atoms with E-state index in [1.807, 2.05) is 0 Å². The third-order valence-electron chi connectivity index (χ3n) is 4.66. The fourth-order valence-electron chi connectivity index (χ4n) is 3.16. The second-order valence-electron chi connectivity index (χ2n) is 8.24. The smallest absolute Gasteiger partial charge is 0.416 e. The van der Waals surface area contributed by atoms with Gasteiger partial charge in [0.1, 0.15) is 11.6 Å². The van der Waals surface area contributed by atoms with Crippen molar-refractivity contribution >= 4 is 12.1 Å². The molecule has 1 atom stereocenters. The predicted molar refractivity (Wildman–Crippen MR) is 104 cm³/mol. The number of carboxylic acids is 1. The maximum Gasteiger partial charge on any atom is 0.416 e. The molecule has 0 radical (unpaired) electrons. The van der Waals surface area contributed by atoms with Gasteiger partial charge in [0.15, 0.2) is 0 Å². The molecule has 0 bridgehead atoms. The fourth-order valence-corrected chi connectivity index (χ4v) is 3.16. The summed E-state index contributed by atoms with van der Waals surface area (Å²) in [6, 6.07) is 4.16. The van der Waals surface area contributed by atoms with E-state index < -0.39 is 35.4 Å². The molecule has 1 heterocycles. The van der Waals surface area contributed by atoms with E-state index in [2.05, 4.69) is 10.2 Å². The number of carbonyl (C=O) groups excluding carboxylic acids is 1. The van der Waals surface area contributed by atoms with Crippen LogP contribution in [0, 0.1) is 0 Å². The van der Waals surface area contributed by atoms with E-state index in [0.717, 1.165) is 17.7 Å². The van der Waals surface area contributed by atoms with Crippen molar-refractivity contribution in [3.05, 3.63) is 35.4 Å². The van der Waals surface area contributed by atoms with E-state index >= 15 is 0 Å². The number of ether oxygens (including phenoxy) is 1. The normalized spacial score (nSPS) is 17.4. The summed E-state index contributed by atoms with van der Waals surface area (Å²) in [6.45, 7) is 7.63. The number of hydrogen-bond acceptors (Lipinski definition) is 5. The van der Waals surface area contributed by atoms with Crippen LogP contribution in [0.3, 0.4) is 0 Å². The topological polar surface area (TPSA) is 82.1 Å². The summed E-state index contributed by atoms with van der Waals surface area (Å²) in [5.41, 5.74) is -0.595. The summed E-state index contributed by atoms with van der Waals surface area (Å²) in [5, 5.41) is 12.0. The number of alkyl halides is 3. The average molecular weight is 431 g/mol. The molecule has 1 aromatic rings. The number of alkyl carbamates (subject to hydrolysis) is 1. The molecular weight excluding hydrogens is 403 g/mol. The molecule has 2 N–H and O–H groups in total. The molecule has 30 heavy (non-hydrogen) atoms. The minimum absolute atomic E-state index is 0.0802. The third kappa shape index (κ3) is 7.49. The zero-order chi connectivity index (χ0) is 22.5. The first kappa shape index (κ1) is 23.9. The summed E-state index contributed by atoms with van der Waals surface area (Å²) in [5.74, 6) is -1.04. The number of piperazine rings is 1. The first-order valence-corrected chi connectivity index (χ1v) is 9.67. The molecule has 1 aliphatic heterocycles. The van der Waals surface area contributed by atoms with E-state index in [1.165, 1.54) is 12.1 Å². The van der Waals surface area contributed by atoms with E-state index in [-0.39, 0.29) is 6.54 Å². The van der Waals surface area contributed by atoms with Crippen molar-refractivity contribution in [1.82, 2.24) is 15.1 Å². The molecular formula is C20H28F3N3O4. The Bertz CT molecular complexity index is 724. The quantitative estimate of drug-likeness (QED) is 0.721. The molecule has 7 nitrogen and oxygen atoms in total. The molecule has 1 aromatic carbocycles. The van der Waals surface area contributed by atoms with Crippen molar-refractivity contribution in [1.29, 1.82) is 0 Å². The standard InChI is InChI=1S/C20H28F3N3O4/c1-19(2,3)30-18(29)24-12-16(17(27)28)26-10-8-25(9-11-26)13-14-4-6-15(7-5-14)20(21,22)23/h4-7,16H,8-13H2,1-3H3,(H,24,29)(H,27,28). The second-order valence-corrected chi connectivity index (χ2v) is 8.24. The monoisotopic (exact) mass is 431 g/mol. The Morgan fingerprint density at radius 1 is 1.10 bits per heavy atom. The van der Waals surface area contributed by atoms with Crippen molar-refractivity contribution in [3.63, 3.8) is 0 Å². The zero-order valence-corrected chi connectivity index (χ0v) is 17.3. The Hall–Kier alpha value is -2.33. The number of nitrogens with zero attached hydrogens (tertiary/aromatic N) is 2. The van der Waals surface area contributed by atoms with Crippen LogP contribution >= 0.6 is 0 Å². The van der Waals surface area contributed by atoms with Crippen LogP contribution in [0.15, 0.2) is 24.3 Å². The maximum absolute atomic E-state index is 12.7. The number of nitrogens with one attached hydrogen (secondary N) is 1. The summed E-state index contributed by atoms with van der Waals surface area (Å²) in [4.78, 5) is 27.3. The van der Waals surface area contributed by atoms with Gasteiger partial charge in [0, 0.05) is 39.3 Å². The lowest BCUT2D eigenvalue weighted by molar-refractivity contribution is -0.144. The molecule has 1 saturated heterocycles. The molecule has 1 fully saturated rings. The summed E-state index contributed by atoms with van der Waals surface area (Å²) >= 11 is 0. The lowest BCUT2D eigenvalue weighted by Crippen LogP contribution is -2.56. The van der Waals surface area contributed by atoms with Crippen LogP contribution < -0.4 is 5.32 Å². The van der Waals surface area contributed by atoms with Gasteiger partial charge in [-0.05, 0) is 38.5 Å². The van der Waals surface area contributed by atoms with Crippen molar-refractivity contribution in [2.24, 2.45) is 0 Å². The van der Waals surface area contributed by atoms with Gasteiger partial charge in [-0.15, -0.1) is 0 Å². The van der Waals surface area contributed by atoms with Gasteiger partial charge < -0.3 is 15.2 Å². The summed E-state index contributed by atoms with van der Waals surface area (Å²) < 4.78 is 43.1. The van der Waals surface area contributed by atoms with Gasteiger partial charge in [0.05, 0.1) is 5.56 Å². The summed E-state index contributed by atoms with van der Waals surface area (Å²) in [6.07, 6.45) is -5.03. The Morgan fingerprint density at radius 3 is 2.13 bits per heavy atom. The van der Waals surface area contributed by atoms with Gasteiger partial charge in [0.25, 0.3) is 0 Å². The number of benzene rings is 1. The SMILES string of the molecule is CC(C)(C)OC(=O)NCC(C(=O)O)N1CCN(Cc2ccc(C(F)(F)F)cc2)CC1. The highest BCUT2D eigenvalue weighted by atomic mass is 19.4. The molecule has 0 aliphatic carbocycles. The molecule has 2 rings (SSSR count). The molecule has 10 heteroatoms. The number of carboxylic acid groups (broad SMARTS) is 1. The number of halogens is 3. The maximum atomic E-state index is 12.7. The van der Waals surface area contributed by atoms with Crippen molar-refractivity contribution < 1.29 is 32.6 Å². The van der Waals surface area contributed by atoms with Gasteiger partial charge in [0.2, 0.25) is 0 Å². The number of hydrogen-bond donors (Lipinski definition) is 2. The number of rotatable bonds is 6. The molecule has 0 saturated carbocycles. The lowest BCUT2D eigenvalue weighted by atomic mass is 10.1. The highest BCUT2D eigenvalue weighted by molar-refractivity contribution is 5.75. The van der Waals surface area contributed by atoms with E-state index in [0.29, 0.717) is 32.7 Å². The van der Waals surface area contributed by atoms with Crippen LogP contribution in [0.5, 0.6) is 0 Å². The van der Waals surface area contributed by atoms with Crippen LogP contribution in [0.2, 0.25) is 0 Å². The predicted octanol–water partition coefficient (Wildman–Crippen LogP) is 2.80. The molecule has 1 unspecified atom stereocenters. The minimum atomic E-state index is -4.36. The number of amides is 1. The first-order chi connectivity index (χ1) is 13.8. The fraction of sp³-hybridized carbons (Fsp3) is 0.600. The minimum Gasteiger partial charge on any atom is -0.480 e. The Kier molecular flexibility index (Phi) is 7.70. The molecule has 0 spiro atoms. The van der Waals surface area contributed by atoms with Crippen LogP contribution in [0.4, 0.5) is 18.0 Å². The highest BCUT2D eigenvalue weighted by Crippen LogP contribution is 2.29. The third-order valence-corrected chi connectivity index (χ3v) is 4.66. The van der Waals surface area contributed by atoms with Gasteiger partial charge in [-0.3, -0.25) is 14.6 Å². The number of carbonyl (C=O) groups is 2. The van der Waals surface area contributed by atoms with Gasteiger partial charge in [-0.1, -0.05) is 12.1 Å². The Labute approximate surface area is 173 Å². The molecule has 168 valence electrons. The lowest BCUT2D eigenvalue weighted by Gasteiger charge is -2.37. The van der Waals surface area contributed by atoms with Gasteiger partial charge in [-0.25, -0.2) is 4.79 Å². The first-order valence-electron chi connectivity index (χ1n) is 9.67. The van der Waals surface area contributed by atoms with Crippen LogP contribution in [-0.4, -0.2) is 71.3 Å². The largest absolute Gasteiger partial charge is 0.480 e. The van der Waals surface area contributed by atoms with Gasteiger partial charge in [-0.2, -0.15) is 13.2 Å². The Balaban J connectivity index is 1.85. The van der Waals surface area contributed by atoms with E-state index in [1.54, 1.807) is 25.7 Å². The molecule has 1 amide bonds. The van der Waals surface area contributed by atoms with E-state index in [9.17, 15) is 27.9 Å². The van der Waals surface area contributed by atoms with Gasteiger partial charge >= 0.3 is 18.2 Å². The van der Waals surface area contributed by atoms with E-state index in [4.69, 9.17) is 4.74 Å². The summed E-state index contributed by atoms with van der Waals surface area (Å²) in [7, 11) is 0. The Morgan fingerprint density at radius 2 is 1.67 bits per heavy atom. The van der Waals surface area contributed by atoms with Crippen LogP contribution in [-0.2, 0) is 22.3 Å². The second kappa shape index (κ2) is 9.65. The molecule has 1 aliphatic rings. The van der Waals surface area contributed by atoms with Crippen molar-refractivity contribution in [2.45, 2.75) is 45.1 Å². The average Bonchev–Trinajstić information content (AvgIpc) is 2.61. The highest BCUT2D eigenvalue weighted by Gasteiger charge is 2.31. The zero-order valence-electron chi connectivity index (χ0n) is 17.3. The number of aliphatic carboxylic acids is 1. The van der Waals surface area contributed by atoms with Crippen molar-refractivity contribution in [2.75, 3.05) is 32.7 Å².